The molecule has 4 nitrogen and oxygen atoms in total. The van der Waals surface area contributed by atoms with Gasteiger partial charge in [0.25, 0.3) is 0 Å². The second-order valence-corrected chi connectivity index (χ2v) is 5.14. The van der Waals surface area contributed by atoms with Crippen molar-refractivity contribution in [1.29, 1.82) is 0 Å². The van der Waals surface area contributed by atoms with Gasteiger partial charge in [0.05, 0.1) is 17.9 Å². The van der Waals surface area contributed by atoms with Gasteiger partial charge in [-0.2, -0.15) is 0 Å². The molecule has 0 fully saturated rings. The van der Waals surface area contributed by atoms with E-state index in [-0.39, 0.29) is 11.9 Å². The number of carbonyl (C=O) groups is 1. The largest absolute Gasteiger partial charge is 0.453 e. The first kappa shape index (κ1) is 11.9. The van der Waals surface area contributed by atoms with Gasteiger partial charge in [-0.3, -0.25) is 0 Å². The first-order chi connectivity index (χ1) is 8.99. The van der Waals surface area contributed by atoms with E-state index in [0.717, 1.165) is 0 Å². The van der Waals surface area contributed by atoms with Crippen LogP contribution in [0.5, 0.6) is 0 Å². The van der Waals surface area contributed by atoms with Crippen LogP contribution in [-0.2, 0) is 4.74 Å². The fraction of sp³-hybridized carbons (Fsp3) is 0.286. The van der Waals surface area contributed by atoms with Crippen LogP contribution in [0.2, 0.25) is 0 Å². The van der Waals surface area contributed by atoms with Gasteiger partial charge in [0.15, 0.2) is 0 Å². The lowest BCUT2D eigenvalue weighted by Gasteiger charge is -2.39. The molecular formula is C14H13FN2O2. The number of rotatable bonds is 1. The molecular weight excluding hydrogens is 247 g/mol. The molecule has 1 atom stereocenters. The Hall–Kier alpha value is -2.17. The number of halogens is 1. The molecule has 0 saturated heterocycles. The van der Waals surface area contributed by atoms with E-state index in [1.807, 2.05) is 18.4 Å². The Balaban J connectivity index is 2.24. The van der Waals surface area contributed by atoms with Crippen LogP contribution in [0.15, 0.2) is 36.9 Å². The summed E-state index contributed by atoms with van der Waals surface area (Å²) in [6, 6.07) is 3.83. The lowest BCUT2D eigenvalue weighted by molar-refractivity contribution is -0.0261. The molecule has 3 rings (SSSR count). The average Bonchev–Trinajstić information content (AvgIpc) is 2.80. The predicted octanol–water partition coefficient (Wildman–Crippen LogP) is 2.56. The van der Waals surface area contributed by atoms with Gasteiger partial charge in [-0.15, -0.1) is 0 Å². The number of imidazole rings is 1. The smallest absolute Gasteiger partial charge is 0.339 e. The second kappa shape index (κ2) is 3.91. The van der Waals surface area contributed by atoms with Crippen LogP contribution < -0.4 is 0 Å². The zero-order valence-electron chi connectivity index (χ0n) is 10.6. The molecule has 5 heteroatoms. The topological polar surface area (TPSA) is 44.1 Å². The number of aromatic nitrogens is 2. The molecule has 0 bridgehead atoms. The fourth-order valence-electron chi connectivity index (χ4n) is 2.61. The Morgan fingerprint density at radius 2 is 2.21 bits per heavy atom. The number of fused-ring (bicyclic) bond motifs is 1. The summed E-state index contributed by atoms with van der Waals surface area (Å²) in [5, 5.41) is 0. The molecule has 1 aliphatic heterocycles. The quantitative estimate of drug-likeness (QED) is 0.740. The van der Waals surface area contributed by atoms with Crippen LogP contribution in [0.3, 0.4) is 0 Å². The zero-order valence-corrected chi connectivity index (χ0v) is 10.6. The van der Waals surface area contributed by atoms with Gasteiger partial charge < -0.3 is 9.30 Å². The third-order valence-electron chi connectivity index (χ3n) is 3.37. The molecule has 98 valence electrons. The highest BCUT2D eigenvalue weighted by Gasteiger charge is 2.42. The summed E-state index contributed by atoms with van der Waals surface area (Å²) in [7, 11) is 0. The molecule has 2 aromatic rings. The second-order valence-electron chi connectivity index (χ2n) is 5.14. The van der Waals surface area contributed by atoms with Crippen molar-refractivity contribution in [3.63, 3.8) is 0 Å². The van der Waals surface area contributed by atoms with Crippen molar-refractivity contribution in [1.82, 2.24) is 9.55 Å². The van der Waals surface area contributed by atoms with Crippen LogP contribution in [0.1, 0.15) is 35.8 Å². The van der Waals surface area contributed by atoms with Gasteiger partial charge in [0, 0.05) is 12.4 Å². The predicted molar refractivity (Wildman–Crippen MR) is 66.3 cm³/mol. The Bertz CT molecular complexity index is 635. The Labute approximate surface area is 109 Å². The van der Waals surface area contributed by atoms with E-state index in [4.69, 9.17) is 4.74 Å². The van der Waals surface area contributed by atoms with Crippen molar-refractivity contribution in [3.8, 4) is 0 Å². The van der Waals surface area contributed by atoms with E-state index in [1.54, 1.807) is 18.7 Å². The van der Waals surface area contributed by atoms with Gasteiger partial charge in [-0.25, -0.2) is 14.2 Å². The van der Waals surface area contributed by atoms with Gasteiger partial charge in [-0.1, -0.05) is 0 Å². The Morgan fingerprint density at radius 3 is 2.89 bits per heavy atom. The Kier molecular flexibility index (Phi) is 2.45. The highest BCUT2D eigenvalue weighted by Crippen LogP contribution is 2.39. The summed E-state index contributed by atoms with van der Waals surface area (Å²) in [6.45, 7) is 3.62. The van der Waals surface area contributed by atoms with Gasteiger partial charge in [0.2, 0.25) is 0 Å². The third kappa shape index (κ3) is 1.82. The molecule has 19 heavy (non-hydrogen) atoms. The van der Waals surface area contributed by atoms with E-state index in [1.165, 1.54) is 18.2 Å². The van der Waals surface area contributed by atoms with Crippen LogP contribution >= 0.6 is 0 Å². The van der Waals surface area contributed by atoms with Crippen molar-refractivity contribution < 1.29 is 13.9 Å². The minimum absolute atomic E-state index is 0.293. The van der Waals surface area contributed by atoms with E-state index < -0.39 is 11.6 Å². The van der Waals surface area contributed by atoms with Crippen LogP contribution in [0.25, 0.3) is 0 Å². The van der Waals surface area contributed by atoms with Crippen molar-refractivity contribution in [2.24, 2.45) is 0 Å². The minimum atomic E-state index is -0.765. The minimum Gasteiger partial charge on any atom is -0.453 e. The number of carbonyl (C=O) groups excluding carboxylic acids is 1. The molecule has 2 heterocycles. The Morgan fingerprint density at radius 1 is 1.42 bits per heavy atom. The van der Waals surface area contributed by atoms with Crippen molar-refractivity contribution >= 4 is 5.97 Å². The van der Waals surface area contributed by atoms with Crippen LogP contribution in [0.4, 0.5) is 4.39 Å². The van der Waals surface area contributed by atoms with Gasteiger partial charge in [0.1, 0.15) is 11.4 Å². The van der Waals surface area contributed by atoms with Crippen molar-refractivity contribution in [3.05, 3.63) is 53.9 Å². The maximum atomic E-state index is 13.5. The maximum Gasteiger partial charge on any atom is 0.339 e. The first-order valence-corrected chi connectivity index (χ1v) is 5.99. The van der Waals surface area contributed by atoms with E-state index >= 15 is 0 Å². The average molecular weight is 260 g/mol. The number of esters is 1. The molecule has 0 radical (unpaired) electrons. The van der Waals surface area contributed by atoms with Gasteiger partial charge >= 0.3 is 5.97 Å². The summed E-state index contributed by atoms with van der Waals surface area (Å²) in [6.07, 6.45) is 5.06. The fourth-order valence-corrected chi connectivity index (χ4v) is 2.61. The monoisotopic (exact) mass is 260 g/mol. The lowest BCUT2D eigenvalue weighted by atomic mass is 9.85. The molecule has 0 saturated carbocycles. The zero-order chi connectivity index (χ0) is 13.6. The summed E-state index contributed by atoms with van der Waals surface area (Å²) < 4.78 is 20.8. The van der Waals surface area contributed by atoms with E-state index in [9.17, 15) is 9.18 Å². The number of cyclic esters (lactones) is 1. The standard InChI is InChI=1S/C14H13FN2O2/c1-14(2)12(17-6-5-16-8-17)11-7-9(15)3-4-10(11)13(18)19-14/h3-8,12H,1-2H3. The highest BCUT2D eigenvalue weighted by molar-refractivity contribution is 5.93. The lowest BCUT2D eigenvalue weighted by Crippen LogP contribution is -2.43. The number of nitrogens with zero attached hydrogens (tertiary/aromatic N) is 2. The summed E-state index contributed by atoms with van der Waals surface area (Å²) in [4.78, 5) is 16.0. The number of hydrogen-bond acceptors (Lipinski definition) is 3. The number of benzene rings is 1. The molecule has 0 aliphatic carbocycles. The molecule has 1 aromatic carbocycles. The molecule has 0 N–H and O–H groups in total. The van der Waals surface area contributed by atoms with Gasteiger partial charge in [-0.05, 0) is 37.6 Å². The summed E-state index contributed by atoms with van der Waals surface area (Å²) in [5.74, 6) is -0.786. The summed E-state index contributed by atoms with van der Waals surface area (Å²) in [5.41, 5.74) is 0.261. The molecule has 0 amide bonds. The molecule has 1 unspecified atom stereocenters. The van der Waals surface area contributed by atoms with Crippen LogP contribution in [0, 0.1) is 5.82 Å². The van der Waals surface area contributed by atoms with Crippen molar-refractivity contribution in [2.75, 3.05) is 0 Å². The van der Waals surface area contributed by atoms with E-state index in [0.29, 0.717) is 11.1 Å². The number of hydrogen-bond donors (Lipinski definition) is 0. The SMILES string of the molecule is CC1(C)OC(=O)c2ccc(F)cc2C1n1ccnc1. The normalized spacial score (nSPS) is 20.8. The highest BCUT2D eigenvalue weighted by atomic mass is 19.1. The van der Waals surface area contributed by atoms with Crippen LogP contribution in [-0.4, -0.2) is 21.1 Å². The summed E-state index contributed by atoms with van der Waals surface area (Å²) >= 11 is 0. The molecule has 0 spiro atoms. The maximum absolute atomic E-state index is 13.5. The number of ether oxygens (including phenoxy) is 1. The first-order valence-electron chi connectivity index (χ1n) is 5.99. The van der Waals surface area contributed by atoms with E-state index in [2.05, 4.69) is 4.98 Å². The molecule has 1 aliphatic rings. The van der Waals surface area contributed by atoms with Crippen molar-refractivity contribution in [2.45, 2.75) is 25.5 Å². The molecule has 1 aromatic heterocycles. The third-order valence-corrected chi connectivity index (χ3v) is 3.37.